The summed E-state index contributed by atoms with van der Waals surface area (Å²) in [5, 5.41) is 19.7. The molecule has 0 spiro atoms. The van der Waals surface area contributed by atoms with Gasteiger partial charge < -0.3 is 5.32 Å². The molecule has 1 aromatic rings. The van der Waals surface area contributed by atoms with E-state index in [1.165, 1.54) is 12.1 Å². The molecule has 1 aromatic carbocycles. The van der Waals surface area contributed by atoms with Gasteiger partial charge in [0, 0.05) is 45.5 Å². The number of nitrogens with zero attached hydrogens (tertiary/aromatic N) is 5. The number of hydrogen-bond donors (Lipinski definition) is 1. The monoisotopic (exact) mass is 450 g/mol. The normalized spacial score (nSPS) is 16.9. The lowest BCUT2D eigenvalue weighted by atomic mass is 9.85. The van der Waals surface area contributed by atoms with Crippen molar-refractivity contribution in [2.75, 3.05) is 26.0 Å². The van der Waals surface area contributed by atoms with Crippen LogP contribution in [0, 0.1) is 23.5 Å². The maximum atomic E-state index is 14.1. The van der Waals surface area contributed by atoms with Crippen molar-refractivity contribution in [3.8, 4) is 0 Å². The molecule has 0 aliphatic heterocycles. The molecule has 0 radical (unpaired) electrons. The first kappa shape index (κ1) is 27.5. The Morgan fingerprint density at radius 1 is 1.16 bits per heavy atom. The fourth-order valence-corrected chi connectivity index (χ4v) is 3.39. The van der Waals surface area contributed by atoms with E-state index in [4.69, 9.17) is 0 Å². The largest absolute Gasteiger partial charge is 0.376 e. The van der Waals surface area contributed by atoms with Crippen molar-refractivity contribution in [3.63, 3.8) is 0 Å². The minimum atomic E-state index is -0.601. The summed E-state index contributed by atoms with van der Waals surface area (Å²) in [6.07, 6.45) is 2.68. The highest BCUT2D eigenvalue weighted by Gasteiger charge is 2.26. The fourth-order valence-electron chi connectivity index (χ4n) is 3.39. The molecule has 32 heavy (non-hydrogen) atoms. The molecule has 0 fully saturated rings. The smallest absolute Gasteiger partial charge is 0.149 e. The van der Waals surface area contributed by atoms with Crippen LogP contribution in [-0.4, -0.2) is 55.5 Å². The quantitative estimate of drug-likeness (QED) is 0.174. The molecular formula is C24H40F2N6. The number of anilines is 1. The van der Waals surface area contributed by atoms with Gasteiger partial charge in [-0.3, -0.25) is 10.0 Å². The van der Waals surface area contributed by atoms with Crippen LogP contribution in [0.15, 0.2) is 45.3 Å². The van der Waals surface area contributed by atoms with Gasteiger partial charge in [-0.2, -0.15) is 10.2 Å². The molecular weight excluding hydrogens is 410 g/mol. The van der Waals surface area contributed by atoms with Crippen LogP contribution in [0.3, 0.4) is 0 Å². The number of hydrazone groups is 1. The lowest BCUT2D eigenvalue weighted by molar-refractivity contribution is 0.155. The Morgan fingerprint density at radius 2 is 1.81 bits per heavy atom. The number of rotatable bonds is 13. The molecule has 0 heterocycles. The van der Waals surface area contributed by atoms with Crippen molar-refractivity contribution in [2.24, 2.45) is 27.3 Å². The second-order valence-electron chi connectivity index (χ2n) is 8.64. The van der Waals surface area contributed by atoms with E-state index in [1.54, 1.807) is 5.01 Å². The van der Waals surface area contributed by atoms with E-state index >= 15 is 0 Å². The molecule has 0 aliphatic rings. The zero-order chi connectivity index (χ0) is 24.4. The molecule has 5 atom stereocenters. The van der Waals surface area contributed by atoms with Crippen LogP contribution in [0.5, 0.6) is 0 Å². The summed E-state index contributed by atoms with van der Waals surface area (Å²) >= 11 is 0. The highest BCUT2D eigenvalue weighted by atomic mass is 19.1. The summed E-state index contributed by atoms with van der Waals surface area (Å²) in [4.78, 5) is 0. The summed E-state index contributed by atoms with van der Waals surface area (Å²) in [6, 6.07) is 3.76. The Labute approximate surface area is 192 Å². The number of nitrogens with one attached hydrogen (secondary N) is 1. The molecule has 0 saturated carbocycles. The summed E-state index contributed by atoms with van der Waals surface area (Å²) in [5.41, 5.74) is 1.36. The summed E-state index contributed by atoms with van der Waals surface area (Å²) in [5.74, 6) is -0.517. The zero-order valence-corrected chi connectivity index (χ0v) is 20.8. The predicted molar refractivity (Wildman–Crippen MR) is 130 cm³/mol. The maximum Gasteiger partial charge on any atom is 0.149 e. The van der Waals surface area contributed by atoms with Gasteiger partial charge in [0.2, 0.25) is 0 Å². The van der Waals surface area contributed by atoms with Crippen LogP contribution in [-0.2, 0) is 0 Å². The second-order valence-corrected chi connectivity index (χ2v) is 8.64. The van der Waals surface area contributed by atoms with Crippen molar-refractivity contribution in [3.05, 3.63) is 41.5 Å². The third-order valence-electron chi connectivity index (χ3n) is 6.56. The van der Waals surface area contributed by atoms with Crippen molar-refractivity contribution < 1.29 is 8.78 Å². The van der Waals surface area contributed by atoms with E-state index in [9.17, 15) is 8.78 Å². The average Bonchev–Trinajstić information content (AvgIpc) is 2.78. The third kappa shape index (κ3) is 8.20. The molecule has 0 aliphatic carbocycles. The molecule has 0 saturated heterocycles. The Balaban J connectivity index is 2.71. The van der Waals surface area contributed by atoms with E-state index in [0.29, 0.717) is 24.8 Å². The SMILES string of the molecule is C=NN(C)C(C)[C@H](C)[C@@H](C)[C@@H](C)/N=N\N(C)CCC(Nc1ccc(F)cc1F)/C(C)=C/C. The van der Waals surface area contributed by atoms with Gasteiger partial charge in [-0.1, -0.05) is 30.7 Å². The van der Waals surface area contributed by atoms with Crippen LogP contribution in [0.1, 0.15) is 48.0 Å². The first-order valence-corrected chi connectivity index (χ1v) is 11.2. The lowest BCUT2D eigenvalue weighted by Crippen LogP contribution is -2.36. The minimum absolute atomic E-state index is 0.0487. The zero-order valence-electron chi connectivity index (χ0n) is 20.8. The lowest BCUT2D eigenvalue weighted by Gasteiger charge is -2.32. The standard InChI is InChI=1S/C24H40F2N6/c1-10-16(2)23(28-24-12-11-21(25)15-22(24)26)13-14-31(8)30-29-19(5)17(3)18(4)20(6)32(9)27-7/h10-12,15,17-20,23,28H,7,13-14H2,1-6,8-9H3/b16-10+,30-29-/t17-,18-,19-,20?,23?/m1/s1. The number of hydrogen-bond acceptors (Lipinski definition) is 5. The van der Waals surface area contributed by atoms with Crippen molar-refractivity contribution in [2.45, 2.75) is 66.1 Å². The molecule has 8 heteroatoms. The van der Waals surface area contributed by atoms with Crippen LogP contribution >= 0.6 is 0 Å². The molecule has 1 rings (SSSR count). The second kappa shape index (κ2) is 13.1. The van der Waals surface area contributed by atoms with Crippen LogP contribution < -0.4 is 5.32 Å². The topological polar surface area (TPSA) is 55.6 Å². The van der Waals surface area contributed by atoms with E-state index in [2.05, 4.69) is 55.2 Å². The first-order chi connectivity index (χ1) is 15.0. The molecule has 0 bridgehead atoms. The summed E-state index contributed by atoms with van der Waals surface area (Å²) in [7, 11) is 3.80. The molecule has 6 nitrogen and oxygen atoms in total. The van der Waals surface area contributed by atoms with Gasteiger partial charge in [-0.15, -0.1) is 0 Å². The predicted octanol–water partition coefficient (Wildman–Crippen LogP) is 6.00. The molecule has 0 aromatic heterocycles. The minimum Gasteiger partial charge on any atom is -0.376 e. The first-order valence-electron chi connectivity index (χ1n) is 11.2. The van der Waals surface area contributed by atoms with Gasteiger partial charge in [-0.05, 0) is 58.1 Å². The van der Waals surface area contributed by atoms with Gasteiger partial charge in [-0.25, -0.2) is 8.78 Å². The van der Waals surface area contributed by atoms with E-state index < -0.39 is 11.6 Å². The Bertz CT molecular complexity index is 782. The molecule has 2 unspecified atom stereocenters. The van der Waals surface area contributed by atoms with Gasteiger partial charge in [0.15, 0.2) is 0 Å². The third-order valence-corrected chi connectivity index (χ3v) is 6.56. The Morgan fingerprint density at radius 3 is 2.38 bits per heavy atom. The molecule has 180 valence electrons. The van der Waals surface area contributed by atoms with Crippen molar-refractivity contribution in [1.82, 2.24) is 10.0 Å². The average molecular weight is 451 g/mol. The molecule has 1 N–H and O–H groups in total. The van der Waals surface area contributed by atoms with Crippen LogP contribution in [0.25, 0.3) is 0 Å². The Kier molecular flexibility index (Phi) is 11.3. The van der Waals surface area contributed by atoms with E-state index in [0.717, 1.165) is 11.6 Å². The van der Waals surface area contributed by atoms with Crippen molar-refractivity contribution in [1.29, 1.82) is 0 Å². The highest BCUT2D eigenvalue weighted by Crippen LogP contribution is 2.24. The van der Waals surface area contributed by atoms with Crippen LogP contribution in [0.4, 0.5) is 14.5 Å². The highest BCUT2D eigenvalue weighted by molar-refractivity contribution is 5.47. The van der Waals surface area contributed by atoms with Crippen LogP contribution in [0.2, 0.25) is 0 Å². The van der Waals surface area contributed by atoms with Gasteiger partial charge >= 0.3 is 0 Å². The summed E-state index contributed by atoms with van der Waals surface area (Å²) in [6.45, 7) is 16.7. The van der Waals surface area contributed by atoms with E-state index in [1.807, 2.05) is 39.0 Å². The van der Waals surface area contributed by atoms with Gasteiger partial charge in [0.25, 0.3) is 0 Å². The van der Waals surface area contributed by atoms with E-state index in [-0.39, 0.29) is 23.8 Å². The van der Waals surface area contributed by atoms with Gasteiger partial charge in [0.05, 0.1) is 11.7 Å². The number of benzene rings is 1. The van der Waals surface area contributed by atoms with Crippen molar-refractivity contribution >= 4 is 12.4 Å². The summed E-state index contributed by atoms with van der Waals surface area (Å²) < 4.78 is 27.3. The Hall–Kier alpha value is -2.51. The number of halogens is 2. The van der Waals surface area contributed by atoms with Gasteiger partial charge in [0.1, 0.15) is 11.6 Å². The fraction of sp³-hybridized carbons (Fsp3) is 0.625. The molecule has 0 amide bonds. The maximum absolute atomic E-state index is 14.1. The number of allylic oxidation sites excluding steroid dienone is 1.